The molecule has 0 radical (unpaired) electrons. The fraction of sp³-hybridized carbons (Fsp3) is 0.429. The molecule has 3 rings (SSSR count). The summed E-state index contributed by atoms with van der Waals surface area (Å²) < 4.78 is 0. The van der Waals surface area contributed by atoms with E-state index in [0.29, 0.717) is 19.0 Å². The van der Waals surface area contributed by atoms with Crippen LogP contribution in [0.1, 0.15) is 24.1 Å². The van der Waals surface area contributed by atoms with Crippen LogP contribution in [0.25, 0.3) is 6.08 Å². The lowest BCUT2D eigenvalue weighted by Crippen LogP contribution is -2.36. The first kappa shape index (κ1) is 12.4. The molecule has 1 N–H and O–H groups in total. The third-order valence-electron chi connectivity index (χ3n) is 3.43. The Bertz CT molecular complexity index is 506. The van der Waals surface area contributed by atoms with Crippen LogP contribution in [-0.4, -0.2) is 35.3 Å². The van der Waals surface area contributed by atoms with Gasteiger partial charge in [0.2, 0.25) is 11.8 Å². The van der Waals surface area contributed by atoms with Crippen LogP contribution < -0.4 is 5.32 Å². The molecule has 19 heavy (non-hydrogen) atoms. The Labute approximate surface area is 116 Å². The minimum atomic E-state index is -0.121. The first-order valence-corrected chi connectivity index (χ1v) is 7.42. The zero-order chi connectivity index (χ0) is 13.2. The van der Waals surface area contributed by atoms with Gasteiger partial charge in [0.25, 0.3) is 0 Å². The van der Waals surface area contributed by atoms with Gasteiger partial charge >= 0.3 is 0 Å². The Balaban J connectivity index is 1.51. The Morgan fingerprint density at radius 3 is 3.00 bits per heavy atom. The van der Waals surface area contributed by atoms with Gasteiger partial charge in [-0.05, 0) is 30.4 Å². The summed E-state index contributed by atoms with van der Waals surface area (Å²) in [7, 11) is 0. The maximum Gasteiger partial charge on any atom is 0.244 e. The van der Waals surface area contributed by atoms with E-state index in [1.54, 1.807) is 17.4 Å². The van der Waals surface area contributed by atoms with E-state index in [-0.39, 0.29) is 17.9 Å². The van der Waals surface area contributed by atoms with Gasteiger partial charge in [-0.3, -0.25) is 9.59 Å². The molecule has 2 aliphatic rings. The summed E-state index contributed by atoms with van der Waals surface area (Å²) in [6.45, 7) is 0.669. The average Bonchev–Trinajstić information content (AvgIpc) is 2.96. The summed E-state index contributed by atoms with van der Waals surface area (Å²) in [5.74, 6) is 0.0545. The summed E-state index contributed by atoms with van der Waals surface area (Å²) in [4.78, 5) is 26.5. The Kier molecular flexibility index (Phi) is 3.38. The van der Waals surface area contributed by atoms with Gasteiger partial charge in [0.15, 0.2) is 0 Å². The highest BCUT2D eigenvalue weighted by atomic mass is 32.1. The smallest absolute Gasteiger partial charge is 0.244 e. The Morgan fingerprint density at radius 1 is 1.47 bits per heavy atom. The Hall–Kier alpha value is -1.62. The standard InChI is InChI=1S/C14H16N2O2S/c17-13(6-5-12-2-1-7-19-12)15-10-8-14(18)16(9-10)11-3-4-11/h1-2,5-7,10-11H,3-4,8-9H2,(H,15,17)/b6-5+/t10-/m1/s1. The maximum atomic E-state index is 11.8. The molecule has 5 heteroatoms. The highest BCUT2D eigenvalue weighted by molar-refractivity contribution is 7.10. The van der Waals surface area contributed by atoms with E-state index in [1.165, 1.54) is 6.08 Å². The molecular formula is C14H16N2O2S. The van der Waals surface area contributed by atoms with Gasteiger partial charge in [0.05, 0.1) is 6.04 Å². The minimum absolute atomic E-state index is 0.0337. The summed E-state index contributed by atoms with van der Waals surface area (Å²) >= 11 is 1.59. The van der Waals surface area contributed by atoms with Crippen molar-refractivity contribution in [2.24, 2.45) is 0 Å². The van der Waals surface area contributed by atoms with Crippen molar-refractivity contribution in [1.82, 2.24) is 10.2 Å². The average molecular weight is 276 g/mol. The van der Waals surface area contributed by atoms with Crippen LogP contribution in [0.2, 0.25) is 0 Å². The molecule has 1 atom stereocenters. The molecule has 0 spiro atoms. The molecule has 2 fully saturated rings. The molecule has 4 nitrogen and oxygen atoms in total. The molecule has 2 heterocycles. The highest BCUT2D eigenvalue weighted by Gasteiger charge is 2.39. The van der Waals surface area contributed by atoms with Gasteiger partial charge in [-0.2, -0.15) is 0 Å². The van der Waals surface area contributed by atoms with Crippen molar-refractivity contribution in [2.75, 3.05) is 6.54 Å². The lowest BCUT2D eigenvalue weighted by molar-refractivity contribution is -0.128. The number of nitrogens with zero attached hydrogens (tertiary/aromatic N) is 1. The lowest BCUT2D eigenvalue weighted by Gasteiger charge is -2.15. The fourth-order valence-electron chi connectivity index (χ4n) is 2.36. The van der Waals surface area contributed by atoms with Crippen LogP contribution in [0.4, 0.5) is 0 Å². The predicted octanol–water partition coefficient (Wildman–Crippen LogP) is 1.64. The van der Waals surface area contributed by atoms with Crippen molar-refractivity contribution in [2.45, 2.75) is 31.3 Å². The molecule has 1 aliphatic heterocycles. The SMILES string of the molecule is O=C(/C=C/c1cccs1)N[C@@H]1CC(=O)N(C2CC2)C1. The second-order valence-corrected chi connectivity index (χ2v) is 6.01. The zero-order valence-electron chi connectivity index (χ0n) is 10.5. The summed E-state index contributed by atoms with van der Waals surface area (Å²) in [6.07, 6.45) is 6.01. The van der Waals surface area contributed by atoms with Crippen LogP contribution >= 0.6 is 11.3 Å². The van der Waals surface area contributed by atoms with E-state index in [0.717, 1.165) is 17.7 Å². The Morgan fingerprint density at radius 2 is 2.32 bits per heavy atom. The lowest BCUT2D eigenvalue weighted by atomic mass is 10.2. The van der Waals surface area contributed by atoms with Gasteiger partial charge in [-0.15, -0.1) is 11.3 Å². The molecule has 2 amide bonds. The number of carbonyl (C=O) groups is 2. The molecule has 1 aliphatic carbocycles. The summed E-state index contributed by atoms with van der Waals surface area (Å²) in [5.41, 5.74) is 0. The van der Waals surface area contributed by atoms with Crippen LogP contribution in [0, 0.1) is 0 Å². The van der Waals surface area contributed by atoms with Crippen molar-refractivity contribution < 1.29 is 9.59 Å². The number of likely N-dealkylation sites (tertiary alicyclic amines) is 1. The number of hydrogen-bond donors (Lipinski definition) is 1. The first-order chi connectivity index (χ1) is 9.22. The molecule has 1 saturated carbocycles. The number of hydrogen-bond acceptors (Lipinski definition) is 3. The molecule has 1 saturated heterocycles. The van der Waals surface area contributed by atoms with E-state index in [9.17, 15) is 9.59 Å². The zero-order valence-corrected chi connectivity index (χ0v) is 11.4. The molecular weight excluding hydrogens is 260 g/mol. The van der Waals surface area contributed by atoms with Gasteiger partial charge in [0.1, 0.15) is 0 Å². The third kappa shape index (κ3) is 3.04. The van der Waals surface area contributed by atoms with E-state index < -0.39 is 0 Å². The van der Waals surface area contributed by atoms with E-state index in [4.69, 9.17) is 0 Å². The quantitative estimate of drug-likeness (QED) is 0.850. The molecule has 1 aromatic heterocycles. The monoisotopic (exact) mass is 276 g/mol. The highest BCUT2D eigenvalue weighted by Crippen LogP contribution is 2.30. The number of amides is 2. The molecule has 0 bridgehead atoms. The molecule has 1 aromatic rings. The van der Waals surface area contributed by atoms with Crippen LogP contribution in [0.3, 0.4) is 0 Å². The van der Waals surface area contributed by atoms with Crippen LogP contribution in [-0.2, 0) is 9.59 Å². The summed E-state index contributed by atoms with van der Waals surface area (Å²) in [5, 5.41) is 4.87. The fourth-order valence-corrected chi connectivity index (χ4v) is 2.98. The van der Waals surface area contributed by atoms with Gasteiger partial charge in [-0.25, -0.2) is 0 Å². The van der Waals surface area contributed by atoms with Crippen molar-refractivity contribution in [3.05, 3.63) is 28.5 Å². The first-order valence-electron chi connectivity index (χ1n) is 6.54. The van der Waals surface area contributed by atoms with Gasteiger partial charge in [0, 0.05) is 30.0 Å². The summed E-state index contributed by atoms with van der Waals surface area (Å²) in [6, 6.07) is 4.32. The number of carbonyl (C=O) groups excluding carboxylic acids is 2. The second kappa shape index (κ2) is 5.17. The van der Waals surface area contributed by atoms with Crippen LogP contribution in [0.15, 0.2) is 23.6 Å². The predicted molar refractivity (Wildman–Crippen MR) is 74.6 cm³/mol. The number of rotatable bonds is 4. The van der Waals surface area contributed by atoms with Crippen molar-refractivity contribution >= 4 is 29.2 Å². The van der Waals surface area contributed by atoms with Crippen LogP contribution in [0.5, 0.6) is 0 Å². The number of thiophene rings is 1. The van der Waals surface area contributed by atoms with Crippen molar-refractivity contribution in [3.8, 4) is 0 Å². The van der Waals surface area contributed by atoms with Gasteiger partial charge in [-0.1, -0.05) is 6.07 Å². The third-order valence-corrected chi connectivity index (χ3v) is 4.27. The normalized spacial score (nSPS) is 23.3. The van der Waals surface area contributed by atoms with Crippen molar-refractivity contribution in [3.63, 3.8) is 0 Å². The van der Waals surface area contributed by atoms with E-state index in [1.807, 2.05) is 22.4 Å². The van der Waals surface area contributed by atoms with Gasteiger partial charge < -0.3 is 10.2 Å². The minimum Gasteiger partial charge on any atom is -0.348 e. The molecule has 0 aromatic carbocycles. The topological polar surface area (TPSA) is 49.4 Å². The van der Waals surface area contributed by atoms with E-state index in [2.05, 4.69) is 5.32 Å². The van der Waals surface area contributed by atoms with E-state index >= 15 is 0 Å². The molecule has 100 valence electrons. The number of nitrogens with one attached hydrogen (secondary N) is 1. The largest absolute Gasteiger partial charge is 0.348 e. The molecule has 0 unspecified atom stereocenters. The second-order valence-electron chi connectivity index (χ2n) is 5.04. The maximum absolute atomic E-state index is 11.8. The van der Waals surface area contributed by atoms with Crippen molar-refractivity contribution in [1.29, 1.82) is 0 Å².